The predicted octanol–water partition coefficient (Wildman–Crippen LogP) is 2.24. The van der Waals surface area contributed by atoms with Gasteiger partial charge in [0.2, 0.25) is 5.89 Å². The van der Waals surface area contributed by atoms with Gasteiger partial charge in [0.15, 0.2) is 11.6 Å². The molecule has 1 aliphatic rings. The summed E-state index contributed by atoms with van der Waals surface area (Å²) in [4.78, 5) is 18.7. The lowest BCUT2D eigenvalue weighted by molar-refractivity contribution is 0.0670. The van der Waals surface area contributed by atoms with Crippen LogP contribution in [0, 0.1) is 6.92 Å². The highest BCUT2D eigenvalue weighted by Crippen LogP contribution is 2.27. The van der Waals surface area contributed by atoms with Crippen LogP contribution in [0.2, 0.25) is 0 Å². The van der Waals surface area contributed by atoms with Gasteiger partial charge in [-0.25, -0.2) is 0 Å². The molecule has 0 N–H and O–H groups in total. The summed E-state index contributed by atoms with van der Waals surface area (Å²) < 4.78 is 12.7. The van der Waals surface area contributed by atoms with Crippen LogP contribution in [0.1, 0.15) is 46.8 Å². The Labute approximate surface area is 144 Å². The summed E-state index contributed by atoms with van der Waals surface area (Å²) in [6.07, 6.45) is 5.19. The summed E-state index contributed by atoms with van der Waals surface area (Å²) in [5.41, 5.74) is 0. The summed E-state index contributed by atoms with van der Waals surface area (Å²) >= 11 is 0. The summed E-state index contributed by atoms with van der Waals surface area (Å²) in [5, 5.41) is 7.97. The van der Waals surface area contributed by atoms with E-state index in [9.17, 15) is 4.79 Å². The number of nitrogens with zero attached hydrogens (tertiary/aromatic N) is 5. The molecule has 0 spiro atoms. The molecule has 4 rings (SSSR count). The predicted molar refractivity (Wildman–Crippen MR) is 87.0 cm³/mol. The number of carbonyl (C=O) groups is 1. The summed E-state index contributed by atoms with van der Waals surface area (Å²) in [5.74, 6) is 2.54. The number of hydrogen-bond acceptors (Lipinski definition) is 6. The van der Waals surface area contributed by atoms with Gasteiger partial charge in [0, 0.05) is 31.4 Å². The molecule has 0 aromatic carbocycles. The van der Waals surface area contributed by atoms with Gasteiger partial charge in [-0.1, -0.05) is 5.16 Å². The second kappa shape index (κ2) is 6.54. The van der Waals surface area contributed by atoms with Crippen molar-refractivity contribution >= 4 is 5.91 Å². The average molecular weight is 341 g/mol. The third kappa shape index (κ3) is 3.33. The van der Waals surface area contributed by atoms with Gasteiger partial charge in [-0.2, -0.15) is 10.1 Å². The fourth-order valence-electron chi connectivity index (χ4n) is 3.10. The molecule has 4 heterocycles. The molecule has 0 atom stereocenters. The largest absolute Gasteiger partial charge is 0.454 e. The SMILES string of the molecule is Cc1noc(C2CCN(C(=O)c3ccc(Cn4cccn4)o3)CC2)n1. The zero-order valence-electron chi connectivity index (χ0n) is 14.0. The zero-order chi connectivity index (χ0) is 17.2. The third-order valence-corrected chi connectivity index (χ3v) is 4.42. The fourth-order valence-corrected chi connectivity index (χ4v) is 3.10. The standard InChI is InChI=1S/C17H19N5O3/c1-12-19-16(25-20-12)13-5-9-21(10-6-13)17(23)15-4-3-14(24-15)11-22-8-2-7-18-22/h2-4,7-8,13H,5-6,9-11H2,1H3. The highest BCUT2D eigenvalue weighted by Gasteiger charge is 2.28. The molecule has 0 saturated carbocycles. The van der Waals surface area contributed by atoms with Crippen molar-refractivity contribution in [3.05, 3.63) is 53.8 Å². The quantitative estimate of drug-likeness (QED) is 0.723. The van der Waals surface area contributed by atoms with Gasteiger partial charge < -0.3 is 13.8 Å². The Morgan fingerprint density at radius 3 is 2.84 bits per heavy atom. The van der Waals surface area contributed by atoms with Crippen LogP contribution in [-0.4, -0.2) is 43.8 Å². The third-order valence-electron chi connectivity index (χ3n) is 4.42. The van der Waals surface area contributed by atoms with E-state index in [2.05, 4.69) is 15.2 Å². The Kier molecular flexibility index (Phi) is 4.09. The average Bonchev–Trinajstić information content (AvgIpc) is 3.37. The van der Waals surface area contributed by atoms with Crippen molar-refractivity contribution < 1.29 is 13.7 Å². The van der Waals surface area contributed by atoms with Crippen LogP contribution in [0.5, 0.6) is 0 Å². The van der Waals surface area contributed by atoms with Gasteiger partial charge in [-0.3, -0.25) is 9.48 Å². The second-order valence-corrected chi connectivity index (χ2v) is 6.22. The van der Waals surface area contributed by atoms with E-state index in [0.29, 0.717) is 42.9 Å². The topological polar surface area (TPSA) is 90.2 Å². The number of piperidine rings is 1. The van der Waals surface area contributed by atoms with Gasteiger partial charge in [0.25, 0.3) is 5.91 Å². The monoisotopic (exact) mass is 341 g/mol. The smallest absolute Gasteiger partial charge is 0.289 e. The Morgan fingerprint density at radius 2 is 2.16 bits per heavy atom. The molecule has 0 radical (unpaired) electrons. The minimum atomic E-state index is -0.0770. The van der Waals surface area contributed by atoms with Crippen LogP contribution in [0.25, 0.3) is 0 Å². The van der Waals surface area contributed by atoms with Gasteiger partial charge >= 0.3 is 0 Å². The normalized spacial score (nSPS) is 15.6. The van der Waals surface area contributed by atoms with Crippen molar-refractivity contribution in [2.75, 3.05) is 13.1 Å². The molecule has 130 valence electrons. The Balaban J connectivity index is 1.36. The van der Waals surface area contributed by atoms with Crippen molar-refractivity contribution in [3.8, 4) is 0 Å². The molecule has 25 heavy (non-hydrogen) atoms. The maximum absolute atomic E-state index is 12.6. The van der Waals surface area contributed by atoms with Crippen LogP contribution >= 0.6 is 0 Å². The second-order valence-electron chi connectivity index (χ2n) is 6.22. The number of furan rings is 1. The van der Waals surface area contributed by atoms with E-state index in [4.69, 9.17) is 8.94 Å². The lowest BCUT2D eigenvalue weighted by Gasteiger charge is -2.29. The maximum Gasteiger partial charge on any atom is 0.289 e. The summed E-state index contributed by atoms with van der Waals surface area (Å²) in [6, 6.07) is 5.40. The number of likely N-dealkylation sites (tertiary alicyclic amines) is 1. The van der Waals surface area contributed by atoms with Crippen molar-refractivity contribution in [1.82, 2.24) is 24.8 Å². The van der Waals surface area contributed by atoms with Crippen LogP contribution in [0.3, 0.4) is 0 Å². The van der Waals surface area contributed by atoms with Crippen LogP contribution in [0.15, 0.2) is 39.5 Å². The zero-order valence-corrected chi connectivity index (χ0v) is 14.0. The van der Waals surface area contributed by atoms with Crippen LogP contribution in [0.4, 0.5) is 0 Å². The molecule has 3 aromatic heterocycles. The van der Waals surface area contributed by atoms with E-state index in [0.717, 1.165) is 12.8 Å². The number of carbonyl (C=O) groups excluding carboxylic acids is 1. The molecular weight excluding hydrogens is 322 g/mol. The van der Waals surface area contributed by atoms with Crippen molar-refractivity contribution in [1.29, 1.82) is 0 Å². The fraction of sp³-hybridized carbons (Fsp3) is 0.412. The molecule has 0 aliphatic carbocycles. The molecular formula is C17H19N5O3. The van der Waals surface area contributed by atoms with Crippen molar-refractivity contribution in [3.63, 3.8) is 0 Å². The van der Waals surface area contributed by atoms with Crippen molar-refractivity contribution in [2.45, 2.75) is 32.2 Å². The molecule has 0 bridgehead atoms. The van der Waals surface area contributed by atoms with E-state index in [1.54, 1.807) is 16.9 Å². The van der Waals surface area contributed by atoms with E-state index in [1.165, 1.54) is 0 Å². The maximum atomic E-state index is 12.6. The molecule has 8 heteroatoms. The minimum Gasteiger partial charge on any atom is -0.454 e. The number of aromatic nitrogens is 4. The molecule has 3 aromatic rings. The number of rotatable bonds is 4. The summed E-state index contributed by atoms with van der Waals surface area (Å²) in [6.45, 7) is 3.63. The molecule has 1 saturated heterocycles. The van der Waals surface area contributed by atoms with Gasteiger partial charge in [-0.15, -0.1) is 0 Å². The molecule has 8 nitrogen and oxygen atoms in total. The molecule has 1 amide bonds. The Bertz CT molecular complexity index is 843. The molecule has 0 unspecified atom stereocenters. The minimum absolute atomic E-state index is 0.0770. The number of hydrogen-bond donors (Lipinski definition) is 0. The number of amides is 1. The Hall–Kier alpha value is -2.90. The van der Waals surface area contributed by atoms with E-state index < -0.39 is 0 Å². The molecule has 1 aliphatic heterocycles. The first-order valence-electron chi connectivity index (χ1n) is 8.34. The highest BCUT2D eigenvalue weighted by molar-refractivity contribution is 5.91. The van der Waals surface area contributed by atoms with Crippen molar-refractivity contribution in [2.24, 2.45) is 0 Å². The summed E-state index contributed by atoms with van der Waals surface area (Å²) in [7, 11) is 0. The first-order valence-corrected chi connectivity index (χ1v) is 8.34. The van der Waals surface area contributed by atoms with Crippen LogP contribution < -0.4 is 0 Å². The Morgan fingerprint density at radius 1 is 1.32 bits per heavy atom. The van der Waals surface area contributed by atoms with E-state index in [-0.39, 0.29) is 11.8 Å². The van der Waals surface area contributed by atoms with E-state index >= 15 is 0 Å². The molecule has 1 fully saturated rings. The van der Waals surface area contributed by atoms with Gasteiger partial charge in [-0.05, 0) is 38.0 Å². The van der Waals surface area contributed by atoms with Gasteiger partial charge in [0.05, 0.1) is 6.54 Å². The first-order chi connectivity index (χ1) is 12.2. The highest BCUT2D eigenvalue weighted by atomic mass is 16.5. The lowest BCUT2D eigenvalue weighted by atomic mass is 9.96. The lowest BCUT2D eigenvalue weighted by Crippen LogP contribution is -2.37. The van der Waals surface area contributed by atoms with Gasteiger partial charge in [0.1, 0.15) is 5.76 Å². The number of aryl methyl sites for hydroxylation is 1. The van der Waals surface area contributed by atoms with Crippen LogP contribution in [-0.2, 0) is 6.54 Å². The van der Waals surface area contributed by atoms with E-state index in [1.807, 2.05) is 30.2 Å². The first kappa shape index (κ1) is 15.6.